The average Bonchev–Trinajstić information content (AvgIpc) is 2.93. The van der Waals surface area contributed by atoms with Gasteiger partial charge in [-0.15, -0.1) is 0 Å². The van der Waals surface area contributed by atoms with Crippen LogP contribution in [0.3, 0.4) is 0 Å². The summed E-state index contributed by atoms with van der Waals surface area (Å²) in [6, 6.07) is 11.6. The number of likely N-dealkylation sites (tertiary alicyclic amines) is 1. The number of rotatable bonds is 5. The number of benzene rings is 2. The summed E-state index contributed by atoms with van der Waals surface area (Å²) < 4.78 is 5.35. The first kappa shape index (κ1) is 20.0. The van der Waals surface area contributed by atoms with Crippen LogP contribution in [0.15, 0.2) is 48.0 Å². The lowest BCUT2D eigenvalue weighted by Gasteiger charge is -2.25. The van der Waals surface area contributed by atoms with Gasteiger partial charge in [0.05, 0.1) is 24.3 Å². The van der Waals surface area contributed by atoms with Crippen molar-refractivity contribution in [3.05, 3.63) is 69.8 Å². The topological polar surface area (TPSA) is 66.8 Å². The first-order valence-electron chi connectivity index (χ1n) is 9.08. The van der Waals surface area contributed by atoms with Crippen molar-refractivity contribution in [2.45, 2.75) is 26.3 Å². The highest BCUT2D eigenvalue weighted by atomic mass is 35.5. The maximum absolute atomic E-state index is 12.9. The fourth-order valence-electron chi connectivity index (χ4n) is 3.50. The zero-order chi connectivity index (χ0) is 20.4. The van der Waals surface area contributed by atoms with E-state index < -0.39 is 17.7 Å². The summed E-state index contributed by atoms with van der Waals surface area (Å²) >= 11 is 6.00. The first-order valence-corrected chi connectivity index (χ1v) is 9.45. The summed E-state index contributed by atoms with van der Waals surface area (Å²) in [5, 5.41) is 11.6. The van der Waals surface area contributed by atoms with Gasteiger partial charge in [-0.2, -0.15) is 0 Å². The summed E-state index contributed by atoms with van der Waals surface area (Å²) in [4.78, 5) is 27.1. The Bertz CT molecular complexity index is 950. The van der Waals surface area contributed by atoms with Crippen LogP contribution in [0.1, 0.15) is 36.1 Å². The van der Waals surface area contributed by atoms with Gasteiger partial charge in [0.25, 0.3) is 11.7 Å². The number of Topliss-reactive ketones (excluding diaryl/α,β-unsaturated/α-hetero) is 1. The van der Waals surface area contributed by atoms with E-state index in [0.717, 1.165) is 5.56 Å². The van der Waals surface area contributed by atoms with Crippen LogP contribution in [0.25, 0.3) is 5.76 Å². The van der Waals surface area contributed by atoms with Gasteiger partial charge in [0, 0.05) is 11.6 Å². The Balaban J connectivity index is 2.24. The number of amides is 1. The van der Waals surface area contributed by atoms with Crippen LogP contribution in [-0.2, 0) is 9.59 Å². The molecule has 1 aliphatic rings. The number of nitrogens with zero attached hydrogens (tertiary/aromatic N) is 1. The molecule has 1 N–H and O–H groups in total. The Labute approximate surface area is 169 Å². The van der Waals surface area contributed by atoms with Crippen molar-refractivity contribution < 1.29 is 19.4 Å². The van der Waals surface area contributed by atoms with Gasteiger partial charge in [-0.25, -0.2) is 0 Å². The molecule has 2 aromatic rings. The molecular formula is C22H22ClNO4. The Morgan fingerprint density at radius 3 is 2.46 bits per heavy atom. The number of halogens is 1. The van der Waals surface area contributed by atoms with Gasteiger partial charge in [-0.1, -0.05) is 42.3 Å². The molecule has 0 aromatic heterocycles. The Morgan fingerprint density at radius 1 is 1.18 bits per heavy atom. The third-order valence-electron chi connectivity index (χ3n) is 4.80. The summed E-state index contributed by atoms with van der Waals surface area (Å²) in [6.45, 7) is 4.21. The van der Waals surface area contributed by atoms with E-state index in [2.05, 4.69) is 0 Å². The Morgan fingerprint density at radius 2 is 1.86 bits per heavy atom. The van der Waals surface area contributed by atoms with Crippen molar-refractivity contribution in [2.24, 2.45) is 0 Å². The zero-order valence-electron chi connectivity index (χ0n) is 16.0. The van der Waals surface area contributed by atoms with E-state index in [1.807, 2.05) is 19.9 Å². The largest absolute Gasteiger partial charge is 0.507 e. The lowest BCUT2D eigenvalue weighted by atomic mass is 9.94. The average molecular weight is 400 g/mol. The maximum atomic E-state index is 12.9. The number of hydrogen-bond acceptors (Lipinski definition) is 4. The summed E-state index contributed by atoms with van der Waals surface area (Å²) in [5.41, 5.74) is 2.05. The number of carbonyl (C=O) groups is 2. The number of aliphatic hydroxyl groups is 1. The third kappa shape index (κ3) is 3.50. The molecular weight excluding hydrogens is 378 g/mol. The summed E-state index contributed by atoms with van der Waals surface area (Å²) in [7, 11) is 1.49. The minimum Gasteiger partial charge on any atom is -0.507 e. The maximum Gasteiger partial charge on any atom is 0.295 e. The minimum absolute atomic E-state index is 0.0599. The van der Waals surface area contributed by atoms with Gasteiger partial charge in [-0.05, 0) is 43.2 Å². The molecule has 1 amide bonds. The molecule has 0 radical (unpaired) electrons. The van der Waals surface area contributed by atoms with Gasteiger partial charge in [0.1, 0.15) is 11.5 Å². The highest BCUT2D eigenvalue weighted by Gasteiger charge is 2.45. The van der Waals surface area contributed by atoms with Crippen LogP contribution < -0.4 is 4.74 Å². The molecule has 0 spiro atoms. The van der Waals surface area contributed by atoms with Crippen LogP contribution in [-0.4, -0.2) is 35.4 Å². The van der Waals surface area contributed by atoms with Gasteiger partial charge in [-0.3, -0.25) is 9.59 Å². The van der Waals surface area contributed by atoms with Crippen LogP contribution in [0.4, 0.5) is 0 Å². The highest BCUT2D eigenvalue weighted by molar-refractivity contribution is 6.46. The number of hydrogen-bond donors (Lipinski definition) is 1. The van der Waals surface area contributed by atoms with E-state index in [0.29, 0.717) is 34.9 Å². The molecule has 1 aliphatic heterocycles. The predicted molar refractivity (Wildman–Crippen MR) is 108 cm³/mol. The number of ether oxygens (including phenoxy) is 1. The van der Waals surface area contributed by atoms with Gasteiger partial charge in [0.15, 0.2) is 0 Å². The Hall–Kier alpha value is -2.79. The third-order valence-corrected chi connectivity index (χ3v) is 5.05. The second-order valence-electron chi connectivity index (χ2n) is 6.75. The van der Waals surface area contributed by atoms with Gasteiger partial charge < -0.3 is 14.7 Å². The first-order chi connectivity index (χ1) is 13.4. The molecule has 0 aliphatic carbocycles. The molecule has 1 saturated heterocycles. The molecule has 146 valence electrons. The lowest BCUT2D eigenvalue weighted by molar-refractivity contribution is -0.139. The smallest absolute Gasteiger partial charge is 0.295 e. The van der Waals surface area contributed by atoms with E-state index in [1.54, 1.807) is 36.4 Å². The molecule has 6 heteroatoms. The summed E-state index contributed by atoms with van der Waals surface area (Å²) in [5.74, 6) is -1.12. The second-order valence-corrected chi connectivity index (χ2v) is 7.18. The van der Waals surface area contributed by atoms with Gasteiger partial charge in [0.2, 0.25) is 0 Å². The van der Waals surface area contributed by atoms with E-state index in [-0.39, 0.29) is 11.3 Å². The number of carbonyl (C=O) groups excluding carboxylic acids is 2. The van der Waals surface area contributed by atoms with Crippen molar-refractivity contribution in [3.8, 4) is 5.75 Å². The van der Waals surface area contributed by atoms with Crippen molar-refractivity contribution in [1.82, 2.24) is 4.90 Å². The SMILES string of the molecule is CCCN1C(=O)C(=O)/C(=C(/O)c2cc(C)ccc2OC)C1c1ccc(Cl)cc1. The van der Waals surface area contributed by atoms with Crippen LogP contribution >= 0.6 is 11.6 Å². The highest BCUT2D eigenvalue weighted by Crippen LogP contribution is 2.41. The predicted octanol–water partition coefficient (Wildman–Crippen LogP) is 4.49. The molecule has 2 aromatic carbocycles. The molecule has 1 atom stereocenters. The van der Waals surface area contributed by atoms with E-state index in [1.165, 1.54) is 12.0 Å². The molecule has 28 heavy (non-hydrogen) atoms. The van der Waals surface area contributed by atoms with Crippen molar-refractivity contribution in [3.63, 3.8) is 0 Å². The number of methoxy groups -OCH3 is 1. The fourth-order valence-corrected chi connectivity index (χ4v) is 3.62. The summed E-state index contributed by atoms with van der Waals surface area (Å²) in [6.07, 6.45) is 0.685. The quantitative estimate of drug-likeness (QED) is 0.457. The monoisotopic (exact) mass is 399 g/mol. The number of ketones is 1. The number of aliphatic hydroxyl groups excluding tert-OH is 1. The molecule has 5 nitrogen and oxygen atoms in total. The molecule has 0 bridgehead atoms. The molecule has 1 unspecified atom stereocenters. The van der Waals surface area contributed by atoms with Crippen molar-refractivity contribution in [1.29, 1.82) is 0 Å². The molecule has 0 saturated carbocycles. The standard InChI is InChI=1S/C22H22ClNO4/c1-4-11-24-19(14-6-8-15(23)9-7-14)18(21(26)22(24)27)20(25)16-12-13(2)5-10-17(16)28-3/h5-10,12,19,25H,4,11H2,1-3H3/b20-18+. The normalized spacial score (nSPS) is 18.6. The van der Waals surface area contributed by atoms with Gasteiger partial charge >= 0.3 is 0 Å². The van der Waals surface area contributed by atoms with Crippen molar-refractivity contribution in [2.75, 3.05) is 13.7 Å². The fraction of sp³-hybridized carbons (Fsp3) is 0.273. The molecule has 1 heterocycles. The van der Waals surface area contributed by atoms with Crippen molar-refractivity contribution >= 4 is 29.1 Å². The van der Waals surface area contributed by atoms with E-state index >= 15 is 0 Å². The Kier molecular flexibility index (Phi) is 5.75. The molecule has 1 fully saturated rings. The van der Waals surface area contributed by atoms with E-state index in [4.69, 9.17) is 16.3 Å². The minimum atomic E-state index is -0.700. The van der Waals surface area contributed by atoms with Crippen LogP contribution in [0.5, 0.6) is 5.75 Å². The van der Waals surface area contributed by atoms with Crippen LogP contribution in [0, 0.1) is 6.92 Å². The second kappa shape index (κ2) is 8.07. The number of aryl methyl sites for hydroxylation is 1. The van der Waals surface area contributed by atoms with Crippen LogP contribution in [0.2, 0.25) is 5.02 Å². The zero-order valence-corrected chi connectivity index (χ0v) is 16.8. The molecule has 3 rings (SSSR count). The lowest BCUT2D eigenvalue weighted by Crippen LogP contribution is -2.30. The van der Waals surface area contributed by atoms with E-state index in [9.17, 15) is 14.7 Å².